The highest BCUT2D eigenvalue weighted by atomic mass is 15.3. The highest BCUT2D eigenvalue weighted by molar-refractivity contribution is 5.36. The average molecular weight is 180 g/mol. The van der Waals surface area contributed by atoms with Crippen molar-refractivity contribution < 1.29 is 0 Å². The first kappa shape index (κ1) is 9.92. The average Bonchev–Trinajstić information content (AvgIpc) is 2.21. The number of hydrogen-bond donors (Lipinski definition) is 1. The summed E-state index contributed by atoms with van der Waals surface area (Å²) in [5.41, 5.74) is 6.25. The Morgan fingerprint density at radius 1 is 1.23 bits per heavy atom. The molecule has 0 aliphatic heterocycles. The number of anilines is 1. The maximum absolute atomic E-state index is 5.42. The molecule has 0 fully saturated rings. The van der Waals surface area contributed by atoms with E-state index in [9.17, 15) is 0 Å². The van der Waals surface area contributed by atoms with Crippen molar-refractivity contribution in [1.82, 2.24) is 10.2 Å². The fourth-order valence-corrected chi connectivity index (χ4v) is 1.18. The number of hydrogen-bond acceptors (Lipinski definition) is 4. The van der Waals surface area contributed by atoms with E-state index in [1.165, 1.54) is 0 Å². The molecule has 4 heteroatoms. The highest BCUT2D eigenvalue weighted by Crippen LogP contribution is 2.07. The van der Waals surface area contributed by atoms with Crippen LogP contribution in [0.5, 0.6) is 0 Å². The van der Waals surface area contributed by atoms with E-state index in [2.05, 4.69) is 28.9 Å². The van der Waals surface area contributed by atoms with Gasteiger partial charge in [0.1, 0.15) is 0 Å². The Hall–Kier alpha value is -1.16. The zero-order valence-electron chi connectivity index (χ0n) is 8.20. The quantitative estimate of drug-likeness (QED) is 0.744. The molecule has 0 spiro atoms. The zero-order valence-corrected chi connectivity index (χ0v) is 8.20. The second-order valence-electron chi connectivity index (χ2n) is 2.76. The van der Waals surface area contributed by atoms with Gasteiger partial charge in [-0.3, -0.25) is 0 Å². The number of rotatable bonds is 4. The van der Waals surface area contributed by atoms with Crippen LogP contribution in [0.15, 0.2) is 12.1 Å². The molecule has 0 aromatic carbocycles. The van der Waals surface area contributed by atoms with Gasteiger partial charge in [0.25, 0.3) is 0 Å². The molecule has 13 heavy (non-hydrogen) atoms. The minimum Gasteiger partial charge on any atom is -0.356 e. The van der Waals surface area contributed by atoms with Crippen LogP contribution < -0.4 is 10.6 Å². The van der Waals surface area contributed by atoms with Crippen LogP contribution in [0.25, 0.3) is 0 Å². The molecule has 1 rings (SSSR count). The Bertz CT molecular complexity index is 240. The van der Waals surface area contributed by atoms with E-state index in [4.69, 9.17) is 5.73 Å². The van der Waals surface area contributed by atoms with Gasteiger partial charge in [-0.15, -0.1) is 5.10 Å². The van der Waals surface area contributed by atoms with Crippen molar-refractivity contribution in [3.63, 3.8) is 0 Å². The third kappa shape index (κ3) is 2.39. The van der Waals surface area contributed by atoms with Gasteiger partial charge in [0, 0.05) is 19.6 Å². The van der Waals surface area contributed by atoms with Gasteiger partial charge in [-0.1, -0.05) is 0 Å². The van der Waals surface area contributed by atoms with Crippen molar-refractivity contribution in [3.05, 3.63) is 17.8 Å². The molecule has 4 nitrogen and oxygen atoms in total. The van der Waals surface area contributed by atoms with Crippen LogP contribution >= 0.6 is 0 Å². The van der Waals surface area contributed by atoms with Crippen molar-refractivity contribution in [2.75, 3.05) is 18.0 Å². The minimum absolute atomic E-state index is 0.450. The SMILES string of the molecule is CCN(CC)c1ccc(CN)nn1. The van der Waals surface area contributed by atoms with Crippen molar-refractivity contribution in [2.24, 2.45) is 5.73 Å². The topological polar surface area (TPSA) is 55.0 Å². The first-order valence-corrected chi connectivity index (χ1v) is 4.59. The molecule has 0 saturated carbocycles. The maximum atomic E-state index is 5.42. The zero-order chi connectivity index (χ0) is 9.68. The van der Waals surface area contributed by atoms with Gasteiger partial charge >= 0.3 is 0 Å². The van der Waals surface area contributed by atoms with Crippen LogP contribution in [0.2, 0.25) is 0 Å². The lowest BCUT2D eigenvalue weighted by Gasteiger charge is -2.18. The fourth-order valence-electron chi connectivity index (χ4n) is 1.18. The van der Waals surface area contributed by atoms with Gasteiger partial charge in [0.2, 0.25) is 0 Å². The van der Waals surface area contributed by atoms with Crippen molar-refractivity contribution in [3.8, 4) is 0 Å². The van der Waals surface area contributed by atoms with Gasteiger partial charge in [-0.25, -0.2) is 0 Å². The maximum Gasteiger partial charge on any atom is 0.151 e. The summed E-state index contributed by atoms with van der Waals surface area (Å²) in [6, 6.07) is 3.88. The predicted octanol–water partition coefficient (Wildman–Crippen LogP) is 0.781. The monoisotopic (exact) mass is 180 g/mol. The number of nitrogens with two attached hydrogens (primary N) is 1. The summed E-state index contributed by atoms with van der Waals surface area (Å²) in [7, 11) is 0. The molecular formula is C9H16N4. The van der Waals surface area contributed by atoms with Crippen molar-refractivity contribution in [1.29, 1.82) is 0 Å². The third-order valence-electron chi connectivity index (χ3n) is 2.00. The molecule has 2 N–H and O–H groups in total. The standard InChI is InChI=1S/C9H16N4/c1-3-13(4-2)9-6-5-8(7-10)11-12-9/h5-6H,3-4,7,10H2,1-2H3. The molecule has 1 aromatic heterocycles. The largest absolute Gasteiger partial charge is 0.356 e. The highest BCUT2D eigenvalue weighted by Gasteiger charge is 2.02. The van der Waals surface area contributed by atoms with Crippen molar-refractivity contribution >= 4 is 5.82 Å². The molecule has 0 aliphatic rings. The number of aromatic nitrogens is 2. The molecule has 0 radical (unpaired) electrons. The van der Waals surface area contributed by atoms with Crippen LogP contribution in [0.4, 0.5) is 5.82 Å². The summed E-state index contributed by atoms with van der Waals surface area (Å²) in [4.78, 5) is 2.15. The molecule has 72 valence electrons. The summed E-state index contributed by atoms with van der Waals surface area (Å²) in [6.45, 7) is 6.55. The first-order chi connectivity index (χ1) is 6.31. The Labute approximate surface area is 78.8 Å². The first-order valence-electron chi connectivity index (χ1n) is 4.59. The fraction of sp³-hybridized carbons (Fsp3) is 0.556. The molecule has 1 aromatic rings. The van der Waals surface area contributed by atoms with Crippen LogP contribution in [0.1, 0.15) is 19.5 Å². The van der Waals surface area contributed by atoms with Gasteiger partial charge in [0.05, 0.1) is 5.69 Å². The van der Waals surface area contributed by atoms with Crippen LogP contribution in [0.3, 0.4) is 0 Å². The Balaban J connectivity index is 2.78. The molecular weight excluding hydrogens is 164 g/mol. The second kappa shape index (κ2) is 4.77. The Kier molecular flexibility index (Phi) is 3.64. The smallest absolute Gasteiger partial charge is 0.151 e. The summed E-state index contributed by atoms with van der Waals surface area (Å²) in [5, 5.41) is 8.08. The second-order valence-corrected chi connectivity index (χ2v) is 2.76. The van der Waals surface area contributed by atoms with E-state index in [1.807, 2.05) is 12.1 Å². The van der Waals surface area contributed by atoms with Gasteiger partial charge in [-0.2, -0.15) is 5.10 Å². The molecule has 1 heterocycles. The number of nitrogens with zero attached hydrogens (tertiary/aromatic N) is 3. The van der Waals surface area contributed by atoms with Crippen LogP contribution in [0, 0.1) is 0 Å². The summed E-state index contributed by atoms with van der Waals surface area (Å²) >= 11 is 0. The van der Waals surface area contributed by atoms with E-state index in [1.54, 1.807) is 0 Å². The Morgan fingerprint density at radius 3 is 2.31 bits per heavy atom. The normalized spacial score (nSPS) is 10.1. The predicted molar refractivity (Wildman–Crippen MR) is 53.5 cm³/mol. The summed E-state index contributed by atoms with van der Waals surface area (Å²) in [5.74, 6) is 0.919. The lowest BCUT2D eigenvalue weighted by Crippen LogP contribution is -2.23. The van der Waals surface area contributed by atoms with Gasteiger partial charge < -0.3 is 10.6 Å². The van der Waals surface area contributed by atoms with Crippen LogP contribution in [-0.2, 0) is 6.54 Å². The van der Waals surface area contributed by atoms with Gasteiger partial charge in [0.15, 0.2) is 5.82 Å². The summed E-state index contributed by atoms with van der Waals surface area (Å²) in [6.07, 6.45) is 0. The summed E-state index contributed by atoms with van der Waals surface area (Å²) < 4.78 is 0. The third-order valence-corrected chi connectivity index (χ3v) is 2.00. The Morgan fingerprint density at radius 2 is 1.92 bits per heavy atom. The van der Waals surface area contributed by atoms with Crippen LogP contribution in [-0.4, -0.2) is 23.3 Å². The van der Waals surface area contributed by atoms with E-state index >= 15 is 0 Å². The molecule has 0 unspecified atom stereocenters. The van der Waals surface area contributed by atoms with E-state index in [0.717, 1.165) is 24.6 Å². The lowest BCUT2D eigenvalue weighted by molar-refractivity contribution is 0.807. The molecule has 0 amide bonds. The molecule has 0 bridgehead atoms. The minimum atomic E-state index is 0.450. The van der Waals surface area contributed by atoms with Gasteiger partial charge in [-0.05, 0) is 26.0 Å². The van der Waals surface area contributed by atoms with E-state index in [-0.39, 0.29) is 0 Å². The van der Waals surface area contributed by atoms with Crippen molar-refractivity contribution in [2.45, 2.75) is 20.4 Å². The molecule has 0 atom stereocenters. The molecule has 0 aliphatic carbocycles. The van der Waals surface area contributed by atoms with E-state index in [0.29, 0.717) is 6.54 Å². The lowest BCUT2D eigenvalue weighted by atomic mass is 10.3. The molecule has 0 saturated heterocycles. The van der Waals surface area contributed by atoms with E-state index < -0.39 is 0 Å².